The monoisotopic (exact) mass is 259 g/mol. The molecule has 1 amide bonds. The zero-order chi connectivity index (χ0) is 13.7. The number of benzene rings is 1. The first-order valence-corrected chi connectivity index (χ1v) is 6.13. The summed E-state index contributed by atoms with van der Waals surface area (Å²) >= 11 is 0. The van der Waals surface area contributed by atoms with E-state index in [9.17, 15) is 9.90 Å². The van der Waals surface area contributed by atoms with Crippen molar-refractivity contribution in [3.05, 3.63) is 53.9 Å². The molecule has 1 aromatic carbocycles. The van der Waals surface area contributed by atoms with E-state index in [1.54, 1.807) is 17.9 Å². The third kappa shape index (κ3) is 3.66. The zero-order valence-electron chi connectivity index (χ0n) is 10.8. The Morgan fingerprint density at radius 3 is 2.74 bits per heavy atom. The van der Waals surface area contributed by atoms with Crippen LogP contribution in [0.3, 0.4) is 0 Å². The van der Waals surface area contributed by atoms with Gasteiger partial charge < -0.3 is 10.4 Å². The molecular weight excluding hydrogens is 242 g/mol. The maximum atomic E-state index is 11.9. The van der Waals surface area contributed by atoms with Gasteiger partial charge in [0.2, 0.25) is 0 Å². The van der Waals surface area contributed by atoms with E-state index in [4.69, 9.17) is 0 Å². The Morgan fingerprint density at radius 1 is 1.42 bits per heavy atom. The number of nitrogens with zero attached hydrogens (tertiary/aromatic N) is 2. The third-order valence-corrected chi connectivity index (χ3v) is 2.85. The molecule has 100 valence electrons. The minimum Gasteiger partial charge on any atom is -0.394 e. The van der Waals surface area contributed by atoms with Crippen LogP contribution in [0.2, 0.25) is 0 Å². The van der Waals surface area contributed by atoms with Crippen LogP contribution in [-0.4, -0.2) is 33.4 Å². The second kappa shape index (κ2) is 6.15. The molecule has 0 aliphatic heterocycles. The van der Waals surface area contributed by atoms with Gasteiger partial charge in [-0.3, -0.25) is 9.48 Å². The Morgan fingerprint density at radius 2 is 2.16 bits per heavy atom. The minimum absolute atomic E-state index is 0.0963. The fraction of sp³-hybridized carbons (Fsp3) is 0.286. The molecule has 19 heavy (non-hydrogen) atoms. The highest BCUT2D eigenvalue weighted by Crippen LogP contribution is 2.04. The SMILES string of the molecule is Cn1cc(C(=O)NC(CO)Cc2ccccc2)cn1. The molecule has 1 heterocycles. The predicted octanol–water partition coefficient (Wildman–Crippen LogP) is 0.753. The Hall–Kier alpha value is -2.14. The standard InChI is InChI=1S/C14H17N3O2/c1-17-9-12(8-15-17)14(19)16-13(10-18)7-11-5-3-2-4-6-11/h2-6,8-9,13,18H,7,10H2,1H3,(H,16,19). The van der Waals surface area contributed by atoms with Crippen LogP contribution in [0.4, 0.5) is 0 Å². The van der Waals surface area contributed by atoms with Gasteiger partial charge in [-0.05, 0) is 12.0 Å². The molecule has 1 unspecified atom stereocenters. The van der Waals surface area contributed by atoms with Gasteiger partial charge in [-0.1, -0.05) is 30.3 Å². The zero-order valence-corrected chi connectivity index (χ0v) is 10.8. The van der Waals surface area contributed by atoms with Crippen molar-refractivity contribution in [1.29, 1.82) is 0 Å². The Kier molecular flexibility index (Phi) is 4.30. The molecule has 2 rings (SSSR count). The second-order valence-electron chi connectivity index (χ2n) is 4.45. The number of amides is 1. The molecule has 0 aliphatic rings. The molecule has 0 aliphatic carbocycles. The number of aromatic nitrogens is 2. The lowest BCUT2D eigenvalue weighted by atomic mass is 10.1. The van der Waals surface area contributed by atoms with Crippen LogP contribution < -0.4 is 5.32 Å². The van der Waals surface area contributed by atoms with Crippen molar-refractivity contribution in [2.75, 3.05) is 6.61 Å². The highest BCUT2D eigenvalue weighted by Gasteiger charge is 2.14. The summed E-state index contributed by atoms with van der Waals surface area (Å²) < 4.78 is 1.57. The van der Waals surface area contributed by atoms with E-state index in [-0.39, 0.29) is 18.6 Å². The Bertz CT molecular complexity index is 537. The van der Waals surface area contributed by atoms with Crippen LogP contribution in [0.25, 0.3) is 0 Å². The van der Waals surface area contributed by atoms with Crippen molar-refractivity contribution in [2.24, 2.45) is 7.05 Å². The molecule has 5 heteroatoms. The summed E-state index contributed by atoms with van der Waals surface area (Å²) in [6.45, 7) is -0.0963. The largest absolute Gasteiger partial charge is 0.394 e. The van der Waals surface area contributed by atoms with Gasteiger partial charge in [0.25, 0.3) is 5.91 Å². The van der Waals surface area contributed by atoms with Crippen LogP contribution in [0.5, 0.6) is 0 Å². The molecular formula is C14H17N3O2. The van der Waals surface area contributed by atoms with Crippen LogP contribution in [-0.2, 0) is 13.5 Å². The molecule has 0 saturated heterocycles. The molecule has 2 aromatic rings. The number of nitrogens with one attached hydrogen (secondary N) is 1. The van der Waals surface area contributed by atoms with E-state index in [0.29, 0.717) is 12.0 Å². The van der Waals surface area contributed by atoms with Crippen LogP contribution >= 0.6 is 0 Å². The quantitative estimate of drug-likeness (QED) is 0.832. The van der Waals surface area contributed by atoms with E-state index in [1.807, 2.05) is 30.3 Å². The van der Waals surface area contributed by atoms with Crippen molar-refractivity contribution in [2.45, 2.75) is 12.5 Å². The lowest BCUT2D eigenvalue weighted by Crippen LogP contribution is -2.39. The van der Waals surface area contributed by atoms with Gasteiger partial charge in [0.1, 0.15) is 0 Å². The summed E-state index contributed by atoms with van der Waals surface area (Å²) in [5.74, 6) is -0.219. The second-order valence-corrected chi connectivity index (χ2v) is 4.45. The van der Waals surface area contributed by atoms with Crippen molar-refractivity contribution in [3.63, 3.8) is 0 Å². The Balaban J connectivity index is 1.97. The average molecular weight is 259 g/mol. The van der Waals surface area contributed by atoms with Gasteiger partial charge in [0.15, 0.2) is 0 Å². The van der Waals surface area contributed by atoms with Crippen molar-refractivity contribution in [1.82, 2.24) is 15.1 Å². The lowest BCUT2D eigenvalue weighted by Gasteiger charge is -2.15. The van der Waals surface area contributed by atoms with Crippen LogP contribution in [0.1, 0.15) is 15.9 Å². The van der Waals surface area contributed by atoms with Crippen LogP contribution in [0.15, 0.2) is 42.7 Å². The number of aliphatic hydroxyl groups excluding tert-OH is 1. The Labute approximate surface area is 111 Å². The fourth-order valence-corrected chi connectivity index (χ4v) is 1.87. The number of aryl methyl sites for hydroxylation is 1. The van der Waals surface area contributed by atoms with E-state index < -0.39 is 0 Å². The molecule has 0 saturated carbocycles. The molecule has 2 N–H and O–H groups in total. The number of hydrogen-bond donors (Lipinski definition) is 2. The smallest absolute Gasteiger partial charge is 0.254 e. The van der Waals surface area contributed by atoms with Gasteiger partial charge in [-0.15, -0.1) is 0 Å². The van der Waals surface area contributed by atoms with E-state index in [1.165, 1.54) is 6.20 Å². The number of aliphatic hydroxyl groups is 1. The number of carbonyl (C=O) groups excluding carboxylic acids is 1. The highest BCUT2D eigenvalue weighted by atomic mass is 16.3. The topological polar surface area (TPSA) is 67.2 Å². The molecule has 1 aromatic heterocycles. The number of carbonyl (C=O) groups is 1. The highest BCUT2D eigenvalue weighted by molar-refractivity contribution is 5.93. The first kappa shape index (κ1) is 13.3. The predicted molar refractivity (Wildman–Crippen MR) is 71.7 cm³/mol. The van der Waals surface area contributed by atoms with Gasteiger partial charge >= 0.3 is 0 Å². The van der Waals surface area contributed by atoms with Crippen molar-refractivity contribution in [3.8, 4) is 0 Å². The molecule has 0 bridgehead atoms. The van der Waals surface area contributed by atoms with E-state index >= 15 is 0 Å². The van der Waals surface area contributed by atoms with Crippen LogP contribution in [0, 0.1) is 0 Å². The minimum atomic E-state index is -0.296. The summed E-state index contributed by atoms with van der Waals surface area (Å²) in [6, 6.07) is 9.46. The average Bonchev–Trinajstić information content (AvgIpc) is 2.86. The normalized spacial score (nSPS) is 12.1. The van der Waals surface area contributed by atoms with Gasteiger partial charge in [-0.2, -0.15) is 5.10 Å². The van der Waals surface area contributed by atoms with E-state index in [2.05, 4.69) is 10.4 Å². The lowest BCUT2D eigenvalue weighted by molar-refractivity contribution is 0.0916. The fourth-order valence-electron chi connectivity index (χ4n) is 1.87. The summed E-state index contributed by atoms with van der Waals surface area (Å²) in [4.78, 5) is 11.9. The molecule has 0 radical (unpaired) electrons. The summed E-state index contributed by atoms with van der Waals surface area (Å²) in [5, 5.41) is 16.1. The van der Waals surface area contributed by atoms with Gasteiger partial charge in [0.05, 0.1) is 24.4 Å². The number of rotatable bonds is 5. The van der Waals surface area contributed by atoms with Gasteiger partial charge in [0, 0.05) is 13.2 Å². The molecule has 1 atom stereocenters. The van der Waals surface area contributed by atoms with E-state index in [0.717, 1.165) is 5.56 Å². The van der Waals surface area contributed by atoms with Crippen molar-refractivity contribution >= 4 is 5.91 Å². The van der Waals surface area contributed by atoms with Gasteiger partial charge in [-0.25, -0.2) is 0 Å². The summed E-state index contributed by atoms with van der Waals surface area (Å²) in [6.07, 6.45) is 3.75. The molecule has 5 nitrogen and oxygen atoms in total. The summed E-state index contributed by atoms with van der Waals surface area (Å²) in [7, 11) is 1.75. The maximum Gasteiger partial charge on any atom is 0.254 e. The number of hydrogen-bond acceptors (Lipinski definition) is 3. The van der Waals surface area contributed by atoms with Crippen molar-refractivity contribution < 1.29 is 9.90 Å². The first-order chi connectivity index (χ1) is 9.19. The molecule has 0 fully saturated rings. The summed E-state index contributed by atoms with van der Waals surface area (Å²) in [5.41, 5.74) is 1.57. The first-order valence-electron chi connectivity index (χ1n) is 6.13. The molecule has 0 spiro atoms. The third-order valence-electron chi connectivity index (χ3n) is 2.85. The maximum absolute atomic E-state index is 11.9.